The van der Waals surface area contributed by atoms with E-state index in [9.17, 15) is 14.6 Å². The van der Waals surface area contributed by atoms with Gasteiger partial charge in [0, 0.05) is 30.2 Å². The minimum Gasteiger partial charge on any atom is -0.506 e. The maximum atomic E-state index is 14.2. The van der Waals surface area contributed by atoms with Gasteiger partial charge in [-0.15, -0.1) is 0 Å². The van der Waals surface area contributed by atoms with E-state index in [-0.39, 0.29) is 50.4 Å². The van der Waals surface area contributed by atoms with Crippen molar-refractivity contribution in [1.82, 2.24) is 9.97 Å². The molecule has 3 aromatic rings. The number of phenols is 2. The fourth-order valence-corrected chi connectivity index (χ4v) is 3.88. The van der Waals surface area contributed by atoms with Crippen molar-refractivity contribution in [3.8, 4) is 23.0 Å². The average molecular weight is 589 g/mol. The number of nitrogens with one attached hydrogen (secondary N) is 1. The summed E-state index contributed by atoms with van der Waals surface area (Å²) in [7, 11) is 1.56. The van der Waals surface area contributed by atoms with Crippen molar-refractivity contribution in [3.05, 3.63) is 56.4 Å². The minimum atomic E-state index is -0.574. The molecule has 0 saturated heterocycles. The summed E-state index contributed by atoms with van der Waals surface area (Å²) in [6, 6.07) is 5.99. The molecule has 1 aromatic heterocycles. The Labute approximate surface area is 219 Å². The SMILES string of the molecule is CCN(CCOC)c1nc(N/N=C\c2ccc(Oc3cc(Br)cc(Cl)c3O)c(Cl)c2O)ncc1F. The third-order valence-electron chi connectivity index (χ3n) is 4.67. The van der Waals surface area contributed by atoms with Crippen LogP contribution in [0.25, 0.3) is 0 Å². The molecule has 186 valence electrons. The first-order chi connectivity index (χ1) is 16.7. The molecule has 0 saturated carbocycles. The van der Waals surface area contributed by atoms with Gasteiger partial charge in [-0.05, 0) is 31.2 Å². The molecular weight excluding hydrogens is 568 g/mol. The molecule has 3 rings (SSSR count). The summed E-state index contributed by atoms with van der Waals surface area (Å²) >= 11 is 15.5. The molecule has 0 aliphatic rings. The number of likely N-dealkylation sites (N-methyl/N-ethyl adjacent to an activating group) is 1. The number of anilines is 2. The predicted octanol–water partition coefficient (Wildman–Crippen LogP) is 5.81. The highest BCUT2D eigenvalue weighted by molar-refractivity contribution is 9.10. The largest absolute Gasteiger partial charge is 0.506 e. The van der Waals surface area contributed by atoms with Crippen LogP contribution in [-0.4, -0.2) is 53.2 Å². The maximum Gasteiger partial charge on any atom is 0.245 e. The molecule has 0 aliphatic carbocycles. The third kappa shape index (κ3) is 6.63. The van der Waals surface area contributed by atoms with Crippen LogP contribution >= 0.6 is 39.1 Å². The Morgan fingerprint density at radius 3 is 2.71 bits per heavy atom. The van der Waals surface area contributed by atoms with Gasteiger partial charge in [0.05, 0.1) is 24.0 Å². The van der Waals surface area contributed by atoms with Crippen LogP contribution in [0.15, 0.2) is 40.0 Å². The van der Waals surface area contributed by atoms with Crippen LogP contribution in [0.5, 0.6) is 23.0 Å². The van der Waals surface area contributed by atoms with Crippen molar-refractivity contribution in [1.29, 1.82) is 0 Å². The molecule has 35 heavy (non-hydrogen) atoms. The smallest absolute Gasteiger partial charge is 0.245 e. The van der Waals surface area contributed by atoms with Crippen LogP contribution in [0.1, 0.15) is 12.5 Å². The van der Waals surface area contributed by atoms with Crippen LogP contribution in [0.4, 0.5) is 16.2 Å². The molecule has 0 spiro atoms. The lowest BCUT2D eigenvalue weighted by atomic mass is 10.2. The van der Waals surface area contributed by atoms with E-state index in [2.05, 4.69) is 36.4 Å². The fourth-order valence-electron chi connectivity index (χ4n) is 2.89. The van der Waals surface area contributed by atoms with Gasteiger partial charge in [-0.25, -0.2) is 14.8 Å². The Balaban J connectivity index is 1.76. The summed E-state index contributed by atoms with van der Waals surface area (Å²) in [5.74, 6) is -0.863. The summed E-state index contributed by atoms with van der Waals surface area (Å²) in [5.41, 5.74) is 2.85. The van der Waals surface area contributed by atoms with Gasteiger partial charge >= 0.3 is 0 Å². The van der Waals surface area contributed by atoms with E-state index in [1.165, 1.54) is 30.5 Å². The number of ether oxygens (including phenoxy) is 2. The standard InChI is InChI=1S/C22H21BrCl2FN5O4/c1-3-31(6-7-34-2)21-15(26)11-27-22(29-21)30-28-10-12-4-5-16(18(25)19(12)32)35-17-9-13(23)8-14(24)20(17)33/h4-5,8-11,32-33H,3,6-7H2,1-2H3,(H,27,29,30)/b28-10-. The van der Waals surface area contributed by atoms with Crippen molar-refractivity contribution in [3.63, 3.8) is 0 Å². The molecule has 2 aromatic carbocycles. The number of methoxy groups -OCH3 is 1. The second-order valence-corrected chi connectivity index (χ2v) is 8.66. The van der Waals surface area contributed by atoms with Crippen molar-refractivity contribution < 1.29 is 24.1 Å². The Kier molecular flexibility index (Phi) is 9.33. The Bertz CT molecular complexity index is 1230. The molecular formula is C22H21BrCl2FN5O4. The number of hydrogen-bond acceptors (Lipinski definition) is 9. The van der Waals surface area contributed by atoms with E-state index in [1.807, 2.05) is 6.92 Å². The van der Waals surface area contributed by atoms with E-state index in [0.717, 1.165) is 6.20 Å². The number of hydrazone groups is 1. The number of rotatable bonds is 10. The van der Waals surface area contributed by atoms with E-state index in [1.54, 1.807) is 12.0 Å². The number of benzene rings is 2. The highest BCUT2D eigenvalue weighted by atomic mass is 79.9. The van der Waals surface area contributed by atoms with Gasteiger partial charge < -0.3 is 24.6 Å². The van der Waals surface area contributed by atoms with Crippen LogP contribution in [0.3, 0.4) is 0 Å². The van der Waals surface area contributed by atoms with E-state index in [0.29, 0.717) is 24.2 Å². The molecule has 13 heteroatoms. The van der Waals surface area contributed by atoms with Gasteiger partial charge in [0.25, 0.3) is 0 Å². The molecule has 0 aliphatic heterocycles. The van der Waals surface area contributed by atoms with Crippen LogP contribution < -0.4 is 15.1 Å². The predicted molar refractivity (Wildman–Crippen MR) is 137 cm³/mol. The van der Waals surface area contributed by atoms with Crippen molar-refractivity contribution >= 4 is 57.1 Å². The van der Waals surface area contributed by atoms with Crippen LogP contribution in [-0.2, 0) is 4.74 Å². The lowest BCUT2D eigenvalue weighted by Crippen LogP contribution is -2.29. The monoisotopic (exact) mass is 587 g/mol. The minimum absolute atomic E-state index is 0.0460. The summed E-state index contributed by atoms with van der Waals surface area (Å²) in [6.45, 7) is 3.25. The van der Waals surface area contributed by atoms with Crippen LogP contribution in [0, 0.1) is 5.82 Å². The zero-order chi connectivity index (χ0) is 25.5. The number of aromatic hydroxyl groups is 2. The summed E-state index contributed by atoms with van der Waals surface area (Å²) < 4.78 is 25.5. The lowest BCUT2D eigenvalue weighted by molar-refractivity contribution is 0.205. The quantitative estimate of drug-likeness (QED) is 0.201. The number of nitrogens with zero attached hydrogens (tertiary/aromatic N) is 4. The van der Waals surface area contributed by atoms with Crippen LogP contribution in [0.2, 0.25) is 10.0 Å². The molecule has 0 atom stereocenters. The van der Waals surface area contributed by atoms with E-state index >= 15 is 0 Å². The Morgan fingerprint density at radius 2 is 2.00 bits per heavy atom. The zero-order valence-electron chi connectivity index (χ0n) is 18.6. The highest BCUT2D eigenvalue weighted by Crippen LogP contribution is 2.43. The summed E-state index contributed by atoms with van der Waals surface area (Å²) in [6.07, 6.45) is 2.33. The molecule has 0 bridgehead atoms. The van der Waals surface area contributed by atoms with Gasteiger partial charge in [0.15, 0.2) is 23.1 Å². The number of phenolic OH excluding ortho intramolecular Hbond substituents is 2. The Morgan fingerprint density at radius 1 is 1.23 bits per heavy atom. The first kappa shape index (κ1) is 26.7. The molecule has 0 unspecified atom stereocenters. The maximum absolute atomic E-state index is 14.2. The van der Waals surface area contributed by atoms with Crippen molar-refractivity contribution in [2.75, 3.05) is 37.1 Å². The zero-order valence-corrected chi connectivity index (χ0v) is 21.7. The first-order valence-electron chi connectivity index (χ1n) is 10.2. The number of aromatic nitrogens is 2. The van der Waals surface area contributed by atoms with Gasteiger partial charge in [-0.1, -0.05) is 39.1 Å². The van der Waals surface area contributed by atoms with Crippen molar-refractivity contribution in [2.24, 2.45) is 5.10 Å². The fraction of sp³-hybridized carbons (Fsp3) is 0.227. The third-order valence-corrected chi connectivity index (χ3v) is 5.78. The van der Waals surface area contributed by atoms with E-state index < -0.39 is 5.82 Å². The molecule has 9 nitrogen and oxygen atoms in total. The second kappa shape index (κ2) is 12.2. The molecule has 3 N–H and O–H groups in total. The highest BCUT2D eigenvalue weighted by Gasteiger charge is 2.16. The molecule has 1 heterocycles. The summed E-state index contributed by atoms with van der Waals surface area (Å²) in [4.78, 5) is 9.74. The Hall–Kier alpha value is -2.86. The van der Waals surface area contributed by atoms with Gasteiger partial charge in [-0.2, -0.15) is 10.1 Å². The molecule has 0 radical (unpaired) electrons. The molecule has 0 fully saturated rings. The van der Waals surface area contributed by atoms with Gasteiger partial charge in [-0.3, -0.25) is 0 Å². The first-order valence-corrected chi connectivity index (χ1v) is 11.7. The average Bonchev–Trinajstić information content (AvgIpc) is 2.83. The van der Waals surface area contributed by atoms with Gasteiger partial charge in [0.2, 0.25) is 5.95 Å². The van der Waals surface area contributed by atoms with E-state index in [4.69, 9.17) is 32.7 Å². The number of hydrogen-bond donors (Lipinski definition) is 3. The normalized spacial score (nSPS) is 11.1. The number of halogens is 4. The second-order valence-electron chi connectivity index (χ2n) is 6.96. The van der Waals surface area contributed by atoms with Crippen molar-refractivity contribution in [2.45, 2.75) is 6.92 Å². The molecule has 0 amide bonds. The lowest BCUT2D eigenvalue weighted by Gasteiger charge is -2.21. The summed E-state index contributed by atoms with van der Waals surface area (Å²) in [5, 5.41) is 24.5. The topological polar surface area (TPSA) is 112 Å². The van der Waals surface area contributed by atoms with Gasteiger partial charge in [0.1, 0.15) is 16.5 Å².